The van der Waals surface area contributed by atoms with Crippen LogP contribution in [-0.2, 0) is 10.0 Å². The molecule has 6 nitrogen and oxygen atoms in total. The monoisotopic (exact) mass is 345 g/mol. The van der Waals surface area contributed by atoms with Gasteiger partial charge in [0.2, 0.25) is 10.0 Å². The number of amides is 2. The summed E-state index contributed by atoms with van der Waals surface area (Å²) in [6.45, 7) is 1.54. The van der Waals surface area contributed by atoms with Crippen LogP contribution in [0.3, 0.4) is 0 Å². The first kappa shape index (κ1) is 17.1. The van der Waals surface area contributed by atoms with Crippen LogP contribution in [0.1, 0.15) is 12.8 Å². The Labute approximate surface area is 135 Å². The third-order valence-corrected chi connectivity index (χ3v) is 4.58. The van der Waals surface area contributed by atoms with Crippen LogP contribution in [0.4, 0.5) is 10.5 Å². The van der Waals surface area contributed by atoms with Gasteiger partial charge in [0.1, 0.15) is 0 Å². The Morgan fingerprint density at radius 1 is 1.41 bits per heavy atom. The van der Waals surface area contributed by atoms with Gasteiger partial charge in [-0.2, -0.15) is 0 Å². The van der Waals surface area contributed by atoms with Crippen LogP contribution in [0.15, 0.2) is 24.3 Å². The number of halogens is 1. The Bertz CT molecular complexity index is 636. The number of nitrogens with one attached hydrogen (secondary N) is 2. The molecule has 2 amide bonds. The second-order valence-electron chi connectivity index (χ2n) is 5.48. The number of hydrogen-bond donors (Lipinski definition) is 2. The van der Waals surface area contributed by atoms with Gasteiger partial charge in [-0.1, -0.05) is 23.7 Å². The lowest BCUT2D eigenvalue weighted by Crippen LogP contribution is -2.45. The molecule has 0 unspecified atom stereocenters. The van der Waals surface area contributed by atoms with E-state index in [2.05, 4.69) is 10.0 Å². The van der Waals surface area contributed by atoms with Crippen LogP contribution in [0.2, 0.25) is 5.02 Å². The third kappa shape index (κ3) is 5.15. The summed E-state index contributed by atoms with van der Waals surface area (Å²) in [6.07, 6.45) is 2.89. The van der Waals surface area contributed by atoms with Gasteiger partial charge < -0.3 is 10.2 Å². The second kappa shape index (κ2) is 7.30. The van der Waals surface area contributed by atoms with E-state index in [4.69, 9.17) is 11.6 Å². The fourth-order valence-electron chi connectivity index (χ4n) is 2.44. The highest BCUT2D eigenvalue weighted by Crippen LogP contribution is 2.22. The average Bonchev–Trinajstić information content (AvgIpc) is 2.47. The predicted molar refractivity (Wildman–Crippen MR) is 87.6 cm³/mol. The maximum atomic E-state index is 12.3. The Morgan fingerprint density at radius 2 is 2.14 bits per heavy atom. The van der Waals surface area contributed by atoms with E-state index in [-0.39, 0.29) is 11.9 Å². The number of para-hydroxylation sites is 1. The fourth-order valence-corrected chi connectivity index (χ4v) is 3.16. The molecule has 1 atom stereocenters. The number of urea groups is 1. The molecule has 1 heterocycles. The molecular weight excluding hydrogens is 326 g/mol. The quantitative estimate of drug-likeness (QED) is 0.877. The van der Waals surface area contributed by atoms with E-state index < -0.39 is 10.0 Å². The number of piperidine rings is 1. The van der Waals surface area contributed by atoms with Crippen LogP contribution < -0.4 is 10.0 Å². The van der Waals surface area contributed by atoms with Crippen LogP contribution in [0.25, 0.3) is 0 Å². The lowest BCUT2D eigenvalue weighted by molar-refractivity contribution is 0.178. The van der Waals surface area contributed by atoms with Gasteiger partial charge >= 0.3 is 6.03 Å². The molecule has 0 aromatic heterocycles. The normalized spacial score (nSPS) is 19.0. The van der Waals surface area contributed by atoms with Crippen molar-refractivity contribution in [2.24, 2.45) is 5.92 Å². The molecule has 0 radical (unpaired) electrons. The zero-order chi connectivity index (χ0) is 16.2. The molecule has 2 N–H and O–H groups in total. The van der Waals surface area contributed by atoms with Crippen LogP contribution in [0.5, 0.6) is 0 Å². The average molecular weight is 346 g/mol. The van der Waals surface area contributed by atoms with E-state index in [9.17, 15) is 13.2 Å². The van der Waals surface area contributed by atoms with E-state index in [0.29, 0.717) is 30.3 Å². The van der Waals surface area contributed by atoms with Crippen molar-refractivity contribution in [3.05, 3.63) is 29.3 Å². The van der Waals surface area contributed by atoms with E-state index in [1.165, 1.54) is 0 Å². The highest BCUT2D eigenvalue weighted by molar-refractivity contribution is 7.88. The minimum absolute atomic E-state index is 0.125. The summed E-state index contributed by atoms with van der Waals surface area (Å²) in [7, 11) is -3.20. The van der Waals surface area contributed by atoms with Crippen molar-refractivity contribution in [2.75, 3.05) is 31.2 Å². The van der Waals surface area contributed by atoms with Crippen molar-refractivity contribution in [1.29, 1.82) is 0 Å². The van der Waals surface area contributed by atoms with Gasteiger partial charge in [-0.25, -0.2) is 17.9 Å². The van der Waals surface area contributed by atoms with E-state index >= 15 is 0 Å². The molecule has 2 rings (SSSR count). The molecule has 0 aliphatic carbocycles. The summed E-state index contributed by atoms with van der Waals surface area (Å²) in [5.41, 5.74) is 0.575. The van der Waals surface area contributed by atoms with Crippen molar-refractivity contribution < 1.29 is 13.2 Å². The first-order valence-electron chi connectivity index (χ1n) is 7.10. The molecule has 0 spiro atoms. The molecule has 8 heteroatoms. The summed E-state index contributed by atoms with van der Waals surface area (Å²) in [5.74, 6) is 0.125. The predicted octanol–water partition coefficient (Wildman–Crippen LogP) is 2.13. The van der Waals surface area contributed by atoms with Gasteiger partial charge in [0.25, 0.3) is 0 Å². The van der Waals surface area contributed by atoms with Gasteiger partial charge in [-0.3, -0.25) is 0 Å². The SMILES string of the molecule is CS(=O)(=O)NC[C@H]1CCCN(C(=O)Nc2ccccc2Cl)C1. The third-order valence-electron chi connectivity index (χ3n) is 3.56. The molecule has 0 saturated carbocycles. The largest absolute Gasteiger partial charge is 0.324 e. The molecule has 1 aromatic carbocycles. The summed E-state index contributed by atoms with van der Waals surface area (Å²) >= 11 is 6.03. The number of hydrogen-bond acceptors (Lipinski definition) is 3. The van der Waals surface area contributed by atoms with E-state index in [1.807, 2.05) is 0 Å². The molecular formula is C14H20ClN3O3S. The number of benzene rings is 1. The number of carbonyl (C=O) groups excluding carboxylic acids is 1. The highest BCUT2D eigenvalue weighted by Gasteiger charge is 2.24. The zero-order valence-corrected chi connectivity index (χ0v) is 14.0. The molecule has 122 valence electrons. The second-order valence-corrected chi connectivity index (χ2v) is 7.73. The van der Waals surface area contributed by atoms with E-state index in [1.54, 1.807) is 29.2 Å². The number of sulfonamides is 1. The smallest absolute Gasteiger partial charge is 0.321 e. The highest BCUT2D eigenvalue weighted by atomic mass is 35.5. The van der Waals surface area contributed by atoms with E-state index in [0.717, 1.165) is 19.1 Å². The molecule has 22 heavy (non-hydrogen) atoms. The number of nitrogens with zero attached hydrogens (tertiary/aromatic N) is 1. The Morgan fingerprint density at radius 3 is 2.82 bits per heavy atom. The number of carbonyl (C=O) groups is 1. The van der Waals surface area contributed by atoms with Gasteiger partial charge in [-0.05, 0) is 30.9 Å². The standard InChI is InChI=1S/C14H20ClN3O3S/c1-22(20,21)16-9-11-5-4-8-18(10-11)14(19)17-13-7-3-2-6-12(13)15/h2-3,6-7,11,16H,4-5,8-10H2,1H3,(H,17,19)/t11-/m1/s1. The van der Waals surface area contributed by atoms with Crippen molar-refractivity contribution >= 4 is 33.3 Å². The number of likely N-dealkylation sites (tertiary alicyclic amines) is 1. The molecule has 0 bridgehead atoms. The summed E-state index contributed by atoms with van der Waals surface area (Å²) < 4.78 is 24.8. The Balaban J connectivity index is 1.91. The lowest BCUT2D eigenvalue weighted by Gasteiger charge is -2.32. The Hall–Kier alpha value is -1.31. The van der Waals surface area contributed by atoms with Gasteiger partial charge in [0, 0.05) is 19.6 Å². The number of anilines is 1. The van der Waals surface area contributed by atoms with Crippen LogP contribution in [0, 0.1) is 5.92 Å². The minimum atomic E-state index is -3.20. The number of rotatable bonds is 4. The molecule has 1 aliphatic rings. The zero-order valence-electron chi connectivity index (χ0n) is 12.4. The lowest BCUT2D eigenvalue weighted by atomic mass is 9.99. The summed E-state index contributed by atoms with van der Waals surface area (Å²) in [6, 6.07) is 6.85. The first-order chi connectivity index (χ1) is 10.3. The Kier molecular flexibility index (Phi) is 5.66. The first-order valence-corrected chi connectivity index (χ1v) is 9.37. The molecule has 1 aliphatic heterocycles. The van der Waals surface area contributed by atoms with Crippen molar-refractivity contribution in [3.63, 3.8) is 0 Å². The maximum Gasteiger partial charge on any atom is 0.321 e. The minimum Gasteiger partial charge on any atom is -0.324 e. The van der Waals surface area contributed by atoms with Crippen LogP contribution in [-0.4, -0.2) is 45.2 Å². The summed E-state index contributed by atoms with van der Waals surface area (Å²) in [5, 5.41) is 3.28. The molecule has 1 saturated heterocycles. The van der Waals surface area contributed by atoms with Crippen molar-refractivity contribution in [2.45, 2.75) is 12.8 Å². The molecule has 1 fully saturated rings. The fraction of sp³-hybridized carbons (Fsp3) is 0.500. The van der Waals surface area contributed by atoms with Crippen LogP contribution >= 0.6 is 11.6 Å². The van der Waals surface area contributed by atoms with Crippen molar-refractivity contribution in [3.8, 4) is 0 Å². The van der Waals surface area contributed by atoms with Gasteiger partial charge in [0.05, 0.1) is 17.0 Å². The summed E-state index contributed by atoms with van der Waals surface area (Å²) in [4.78, 5) is 14.0. The van der Waals surface area contributed by atoms with Gasteiger partial charge in [-0.15, -0.1) is 0 Å². The van der Waals surface area contributed by atoms with Crippen molar-refractivity contribution in [1.82, 2.24) is 9.62 Å². The topological polar surface area (TPSA) is 78.5 Å². The molecule has 1 aromatic rings. The maximum absolute atomic E-state index is 12.3. The van der Waals surface area contributed by atoms with Gasteiger partial charge in [0.15, 0.2) is 0 Å².